The molecule has 1 aliphatic rings. The molecule has 1 saturated heterocycles. The summed E-state index contributed by atoms with van der Waals surface area (Å²) in [6.07, 6.45) is 7.70. The van der Waals surface area contributed by atoms with E-state index >= 15 is 0 Å². The van der Waals surface area contributed by atoms with Crippen molar-refractivity contribution in [3.63, 3.8) is 0 Å². The Morgan fingerprint density at radius 1 is 1.80 bits per heavy atom. The van der Waals surface area contributed by atoms with E-state index in [0.717, 1.165) is 24.6 Å². The average molecular weight is 221 g/mol. The summed E-state index contributed by atoms with van der Waals surface area (Å²) < 4.78 is 0. The van der Waals surface area contributed by atoms with Crippen molar-refractivity contribution >= 4 is 22.4 Å². The van der Waals surface area contributed by atoms with E-state index in [2.05, 4.69) is 21.1 Å². The van der Waals surface area contributed by atoms with E-state index in [1.807, 2.05) is 5.38 Å². The van der Waals surface area contributed by atoms with Gasteiger partial charge in [0, 0.05) is 30.7 Å². The Kier molecular flexibility index (Phi) is 2.88. The SMILES string of the molecule is C#CC(=O)NC1CCN(c2nccs2)C1. The van der Waals surface area contributed by atoms with Gasteiger partial charge in [0.2, 0.25) is 0 Å². The number of aromatic nitrogens is 1. The van der Waals surface area contributed by atoms with Crippen LogP contribution >= 0.6 is 11.3 Å². The third-order valence-electron chi connectivity index (χ3n) is 2.34. The van der Waals surface area contributed by atoms with Crippen molar-refractivity contribution in [2.45, 2.75) is 12.5 Å². The minimum atomic E-state index is -0.332. The van der Waals surface area contributed by atoms with Gasteiger partial charge in [0.25, 0.3) is 5.91 Å². The molecule has 0 radical (unpaired) electrons. The normalized spacial score (nSPS) is 19.9. The maximum Gasteiger partial charge on any atom is 0.295 e. The van der Waals surface area contributed by atoms with Gasteiger partial charge >= 0.3 is 0 Å². The molecule has 0 saturated carbocycles. The van der Waals surface area contributed by atoms with Crippen LogP contribution in [0.4, 0.5) is 5.13 Å². The summed E-state index contributed by atoms with van der Waals surface area (Å²) in [5.74, 6) is 1.73. The van der Waals surface area contributed by atoms with Gasteiger partial charge in [-0.05, 0) is 12.3 Å². The van der Waals surface area contributed by atoms with Crippen LogP contribution in [-0.2, 0) is 4.79 Å². The molecule has 1 aliphatic heterocycles. The van der Waals surface area contributed by atoms with Gasteiger partial charge in [-0.1, -0.05) is 0 Å². The number of carbonyl (C=O) groups excluding carboxylic acids is 1. The van der Waals surface area contributed by atoms with Crippen LogP contribution in [0.5, 0.6) is 0 Å². The highest BCUT2D eigenvalue weighted by Gasteiger charge is 2.24. The molecule has 2 rings (SSSR count). The molecular formula is C10H11N3OS. The predicted molar refractivity (Wildman–Crippen MR) is 59.7 cm³/mol. The number of hydrogen-bond donors (Lipinski definition) is 1. The van der Waals surface area contributed by atoms with Gasteiger partial charge in [-0.25, -0.2) is 4.98 Å². The Labute approximate surface area is 92.3 Å². The van der Waals surface area contributed by atoms with Crippen LogP contribution in [-0.4, -0.2) is 30.0 Å². The zero-order valence-corrected chi connectivity index (χ0v) is 8.96. The minimum Gasteiger partial charge on any atom is -0.346 e. The Morgan fingerprint density at radius 3 is 3.33 bits per heavy atom. The van der Waals surface area contributed by atoms with E-state index in [9.17, 15) is 4.79 Å². The monoisotopic (exact) mass is 221 g/mol. The van der Waals surface area contributed by atoms with E-state index in [4.69, 9.17) is 6.42 Å². The fourth-order valence-corrected chi connectivity index (χ4v) is 2.33. The van der Waals surface area contributed by atoms with Crippen LogP contribution < -0.4 is 10.2 Å². The standard InChI is InChI=1S/C10H11N3OS/c1-2-9(14)12-8-3-5-13(7-8)10-11-4-6-15-10/h1,4,6,8H,3,5,7H2,(H,12,14). The molecule has 5 heteroatoms. The molecule has 1 amide bonds. The Hall–Kier alpha value is -1.54. The molecule has 1 fully saturated rings. The molecule has 78 valence electrons. The largest absolute Gasteiger partial charge is 0.346 e. The van der Waals surface area contributed by atoms with Gasteiger partial charge in [-0.3, -0.25) is 4.79 Å². The Bertz CT molecular complexity index is 382. The number of carbonyl (C=O) groups is 1. The maximum atomic E-state index is 11.0. The summed E-state index contributed by atoms with van der Waals surface area (Å²) in [7, 11) is 0. The van der Waals surface area contributed by atoms with Crippen molar-refractivity contribution in [3.8, 4) is 12.3 Å². The molecule has 1 atom stereocenters. The summed E-state index contributed by atoms with van der Waals surface area (Å²) in [6.45, 7) is 1.71. The smallest absolute Gasteiger partial charge is 0.295 e. The lowest BCUT2D eigenvalue weighted by Crippen LogP contribution is -2.36. The lowest BCUT2D eigenvalue weighted by molar-refractivity contribution is -0.116. The number of amides is 1. The molecule has 0 aliphatic carbocycles. The van der Waals surface area contributed by atoms with Crippen molar-refractivity contribution in [2.75, 3.05) is 18.0 Å². The van der Waals surface area contributed by atoms with Crippen LogP contribution in [0.3, 0.4) is 0 Å². The van der Waals surface area contributed by atoms with Gasteiger partial charge in [0.05, 0.1) is 0 Å². The Morgan fingerprint density at radius 2 is 2.67 bits per heavy atom. The molecule has 1 unspecified atom stereocenters. The highest BCUT2D eigenvalue weighted by Crippen LogP contribution is 2.22. The number of terminal acetylenes is 1. The van der Waals surface area contributed by atoms with Crippen LogP contribution in [0, 0.1) is 12.3 Å². The highest BCUT2D eigenvalue weighted by molar-refractivity contribution is 7.13. The number of rotatable bonds is 2. The van der Waals surface area contributed by atoms with E-state index in [0.29, 0.717) is 0 Å². The maximum absolute atomic E-state index is 11.0. The molecule has 4 nitrogen and oxygen atoms in total. The van der Waals surface area contributed by atoms with E-state index < -0.39 is 0 Å². The summed E-state index contributed by atoms with van der Waals surface area (Å²) in [5.41, 5.74) is 0. The third kappa shape index (κ3) is 2.28. The van der Waals surface area contributed by atoms with Gasteiger partial charge in [0.15, 0.2) is 5.13 Å². The molecule has 0 aromatic carbocycles. The van der Waals surface area contributed by atoms with Crippen molar-refractivity contribution in [1.29, 1.82) is 0 Å². The molecule has 15 heavy (non-hydrogen) atoms. The molecule has 1 aromatic rings. The molecular weight excluding hydrogens is 210 g/mol. The zero-order chi connectivity index (χ0) is 10.7. The first-order valence-electron chi connectivity index (χ1n) is 4.71. The second kappa shape index (κ2) is 4.32. The second-order valence-corrected chi connectivity index (χ2v) is 4.24. The predicted octanol–water partition coefficient (Wildman–Crippen LogP) is 0.471. The minimum absolute atomic E-state index is 0.150. The lowest BCUT2D eigenvalue weighted by Gasteiger charge is -2.14. The number of nitrogens with one attached hydrogen (secondary N) is 1. The quantitative estimate of drug-likeness (QED) is 0.738. The number of thiazole rings is 1. The van der Waals surface area contributed by atoms with Crippen molar-refractivity contribution in [3.05, 3.63) is 11.6 Å². The van der Waals surface area contributed by atoms with Gasteiger partial charge in [0.1, 0.15) is 0 Å². The van der Waals surface area contributed by atoms with Crippen LogP contribution in [0.1, 0.15) is 6.42 Å². The van der Waals surface area contributed by atoms with Gasteiger partial charge in [-0.15, -0.1) is 17.8 Å². The lowest BCUT2D eigenvalue weighted by atomic mass is 10.2. The van der Waals surface area contributed by atoms with Crippen molar-refractivity contribution < 1.29 is 4.79 Å². The second-order valence-electron chi connectivity index (χ2n) is 3.36. The summed E-state index contributed by atoms with van der Waals surface area (Å²) in [6, 6.07) is 0.150. The molecule has 1 aromatic heterocycles. The highest BCUT2D eigenvalue weighted by atomic mass is 32.1. The fourth-order valence-electron chi connectivity index (χ4n) is 1.65. The first-order chi connectivity index (χ1) is 7.29. The van der Waals surface area contributed by atoms with E-state index in [1.54, 1.807) is 17.5 Å². The molecule has 0 bridgehead atoms. The van der Waals surface area contributed by atoms with Crippen LogP contribution in [0.25, 0.3) is 0 Å². The fraction of sp³-hybridized carbons (Fsp3) is 0.400. The van der Waals surface area contributed by atoms with Crippen molar-refractivity contribution in [1.82, 2.24) is 10.3 Å². The Balaban J connectivity index is 1.91. The van der Waals surface area contributed by atoms with Gasteiger partial charge in [-0.2, -0.15) is 0 Å². The number of hydrogen-bond acceptors (Lipinski definition) is 4. The molecule has 2 heterocycles. The summed E-state index contributed by atoms with van der Waals surface area (Å²) in [5, 5.41) is 5.73. The molecule has 1 N–H and O–H groups in total. The van der Waals surface area contributed by atoms with Crippen LogP contribution in [0.15, 0.2) is 11.6 Å². The number of anilines is 1. The van der Waals surface area contributed by atoms with E-state index in [-0.39, 0.29) is 11.9 Å². The first-order valence-corrected chi connectivity index (χ1v) is 5.59. The first kappa shape index (κ1) is 9.99. The number of nitrogens with zero attached hydrogens (tertiary/aromatic N) is 2. The topological polar surface area (TPSA) is 45.2 Å². The van der Waals surface area contributed by atoms with Crippen molar-refractivity contribution in [2.24, 2.45) is 0 Å². The van der Waals surface area contributed by atoms with Crippen LogP contribution in [0.2, 0.25) is 0 Å². The van der Waals surface area contributed by atoms with E-state index in [1.165, 1.54) is 0 Å². The average Bonchev–Trinajstić information content (AvgIpc) is 2.85. The third-order valence-corrected chi connectivity index (χ3v) is 3.18. The summed E-state index contributed by atoms with van der Waals surface area (Å²) in [4.78, 5) is 17.4. The summed E-state index contributed by atoms with van der Waals surface area (Å²) >= 11 is 1.61. The van der Waals surface area contributed by atoms with Gasteiger partial charge < -0.3 is 10.2 Å². The molecule has 0 spiro atoms. The zero-order valence-electron chi connectivity index (χ0n) is 8.14.